The van der Waals surface area contributed by atoms with Crippen LogP contribution in [0, 0.1) is 0 Å². The third-order valence-electron chi connectivity index (χ3n) is 1.27. The molecular weight excluding hydrogens is 241 g/mol. The highest BCUT2D eigenvalue weighted by molar-refractivity contribution is 7.45. The molecule has 0 radical (unpaired) electrons. The van der Waals surface area contributed by atoms with Crippen molar-refractivity contribution in [2.45, 2.75) is 13.0 Å². The first-order valence-corrected chi connectivity index (χ1v) is 5.95. The molecule has 2 unspecified atom stereocenters. The Labute approximate surface area is 92.9 Å². The quantitative estimate of drug-likeness (QED) is 0.391. The van der Waals surface area contributed by atoms with Crippen molar-refractivity contribution in [1.29, 1.82) is 0 Å². The molecular formula is C7H15NO7P-. The predicted molar refractivity (Wildman–Crippen MR) is 51.2 cm³/mol. The molecule has 0 heterocycles. The molecule has 0 saturated carbocycles. The highest BCUT2D eigenvalue weighted by Crippen LogP contribution is 2.37. The first kappa shape index (κ1) is 15.5. The summed E-state index contributed by atoms with van der Waals surface area (Å²) in [6, 6.07) is 0. The number of aliphatic hydroxyl groups is 1. The van der Waals surface area contributed by atoms with Crippen molar-refractivity contribution < 1.29 is 33.1 Å². The Bertz CT molecular complexity index is 259. The summed E-state index contributed by atoms with van der Waals surface area (Å²) in [6.45, 7) is 0.119. The fourth-order valence-corrected chi connectivity index (χ4v) is 1.40. The van der Waals surface area contributed by atoms with Crippen LogP contribution < -0.4 is 10.6 Å². The van der Waals surface area contributed by atoms with Gasteiger partial charge < -0.3 is 29.5 Å². The van der Waals surface area contributed by atoms with E-state index in [1.165, 1.54) is 0 Å². The van der Waals surface area contributed by atoms with E-state index in [1.807, 2.05) is 0 Å². The molecule has 0 rings (SSSR count). The number of aliphatic hydroxyl groups excluding tert-OH is 1. The average molecular weight is 256 g/mol. The largest absolute Gasteiger partial charge is 0.756 e. The summed E-state index contributed by atoms with van der Waals surface area (Å²) >= 11 is 0. The van der Waals surface area contributed by atoms with Gasteiger partial charge >= 0.3 is 5.97 Å². The van der Waals surface area contributed by atoms with Gasteiger partial charge in [-0.05, 0) is 0 Å². The van der Waals surface area contributed by atoms with Gasteiger partial charge in [0.05, 0.1) is 13.2 Å². The Morgan fingerprint density at radius 3 is 2.62 bits per heavy atom. The van der Waals surface area contributed by atoms with Gasteiger partial charge in [0.15, 0.2) is 0 Å². The number of phosphoric ester groups is 1. The number of carbonyl (C=O) groups excluding carboxylic acids is 1. The molecule has 3 N–H and O–H groups in total. The highest BCUT2D eigenvalue weighted by Gasteiger charge is 2.13. The molecule has 96 valence electrons. The van der Waals surface area contributed by atoms with Crippen molar-refractivity contribution in [3.63, 3.8) is 0 Å². The maximum atomic E-state index is 10.9. The Kier molecular flexibility index (Phi) is 7.48. The second-order valence-corrected chi connectivity index (χ2v) is 4.23. The zero-order valence-corrected chi connectivity index (χ0v) is 9.72. The summed E-state index contributed by atoms with van der Waals surface area (Å²) in [6.07, 6.45) is -1.23. The van der Waals surface area contributed by atoms with Crippen LogP contribution in [0.5, 0.6) is 0 Å². The zero-order chi connectivity index (χ0) is 12.6. The fraction of sp³-hybridized carbons (Fsp3) is 0.857. The first-order chi connectivity index (χ1) is 7.37. The van der Waals surface area contributed by atoms with Crippen LogP contribution in [0.4, 0.5) is 0 Å². The van der Waals surface area contributed by atoms with Crippen molar-refractivity contribution in [3.05, 3.63) is 0 Å². The van der Waals surface area contributed by atoms with Crippen LogP contribution in [0.15, 0.2) is 0 Å². The topological polar surface area (TPSA) is 131 Å². The number of ether oxygens (including phenoxy) is 1. The Hall–Kier alpha value is -0.500. The van der Waals surface area contributed by atoms with Crippen LogP contribution in [0.2, 0.25) is 0 Å². The first-order valence-electron chi connectivity index (χ1n) is 4.49. The van der Waals surface area contributed by atoms with Crippen molar-refractivity contribution in [2.24, 2.45) is 5.73 Å². The molecule has 9 heteroatoms. The summed E-state index contributed by atoms with van der Waals surface area (Å²) < 4.78 is 24.0. The molecule has 0 bridgehead atoms. The van der Waals surface area contributed by atoms with Crippen LogP contribution >= 0.6 is 7.82 Å². The second-order valence-electron chi connectivity index (χ2n) is 2.82. The van der Waals surface area contributed by atoms with Crippen molar-refractivity contribution in [1.82, 2.24) is 0 Å². The minimum absolute atomic E-state index is 0.0333. The normalized spacial score (nSPS) is 16.5. The standard InChI is InChI=1S/C7H16NO7P/c1-6(9)13-4-7(10)5-15-16(11,12)14-3-2-8/h7,10H,2-5,8H2,1H3,(H,11,12)/p-1. The van der Waals surface area contributed by atoms with E-state index in [4.69, 9.17) is 10.8 Å². The molecule has 0 fully saturated rings. The lowest BCUT2D eigenvalue weighted by atomic mass is 10.4. The van der Waals surface area contributed by atoms with Crippen LogP contribution in [0.3, 0.4) is 0 Å². The molecule has 0 aliphatic carbocycles. The molecule has 0 aliphatic rings. The second kappa shape index (κ2) is 7.72. The van der Waals surface area contributed by atoms with Crippen LogP contribution in [0.1, 0.15) is 6.92 Å². The third-order valence-corrected chi connectivity index (χ3v) is 2.24. The molecule has 0 aromatic carbocycles. The maximum Gasteiger partial charge on any atom is 0.302 e. The number of rotatable bonds is 8. The monoisotopic (exact) mass is 256 g/mol. The van der Waals surface area contributed by atoms with Gasteiger partial charge in [0.2, 0.25) is 0 Å². The van der Waals surface area contributed by atoms with Gasteiger partial charge in [-0.15, -0.1) is 0 Å². The molecule has 0 aliphatic heterocycles. The lowest BCUT2D eigenvalue weighted by Crippen LogP contribution is -2.24. The number of phosphoric acid groups is 1. The fourth-order valence-electron chi connectivity index (χ4n) is 0.641. The van der Waals surface area contributed by atoms with Crippen molar-refractivity contribution in [3.8, 4) is 0 Å². The van der Waals surface area contributed by atoms with E-state index in [2.05, 4.69) is 13.8 Å². The predicted octanol–water partition coefficient (Wildman–Crippen LogP) is -1.63. The minimum Gasteiger partial charge on any atom is -0.756 e. The molecule has 0 amide bonds. The van der Waals surface area contributed by atoms with E-state index in [9.17, 15) is 14.3 Å². The molecule has 8 nitrogen and oxygen atoms in total. The number of hydrogen-bond acceptors (Lipinski definition) is 8. The Morgan fingerprint density at radius 1 is 1.50 bits per heavy atom. The highest BCUT2D eigenvalue weighted by atomic mass is 31.2. The van der Waals surface area contributed by atoms with Gasteiger partial charge in [-0.1, -0.05) is 0 Å². The summed E-state index contributed by atoms with van der Waals surface area (Å²) in [7, 11) is -4.44. The molecule has 0 aromatic heterocycles. The van der Waals surface area contributed by atoms with Gasteiger partial charge in [0.25, 0.3) is 7.82 Å². The van der Waals surface area contributed by atoms with Gasteiger partial charge in [-0.2, -0.15) is 0 Å². The van der Waals surface area contributed by atoms with Gasteiger partial charge in [0, 0.05) is 13.5 Å². The Balaban J connectivity index is 3.76. The number of nitrogens with two attached hydrogens (primary N) is 1. The van der Waals surface area contributed by atoms with Crippen LogP contribution in [-0.4, -0.2) is 43.5 Å². The smallest absolute Gasteiger partial charge is 0.302 e. The van der Waals surface area contributed by atoms with Gasteiger partial charge in [0.1, 0.15) is 12.7 Å². The molecule has 0 aromatic rings. The van der Waals surface area contributed by atoms with Crippen LogP contribution in [-0.2, 0) is 23.1 Å². The zero-order valence-electron chi connectivity index (χ0n) is 8.83. The van der Waals surface area contributed by atoms with Gasteiger partial charge in [-0.3, -0.25) is 9.36 Å². The molecule has 0 spiro atoms. The number of carbonyl (C=O) groups is 1. The molecule has 0 saturated heterocycles. The van der Waals surface area contributed by atoms with E-state index < -0.39 is 26.5 Å². The van der Waals surface area contributed by atoms with E-state index in [0.29, 0.717) is 0 Å². The van der Waals surface area contributed by atoms with E-state index in [1.54, 1.807) is 0 Å². The molecule has 2 atom stereocenters. The summed E-state index contributed by atoms with van der Waals surface area (Å²) in [5.74, 6) is -0.580. The lowest BCUT2D eigenvalue weighted by molar-refractivity contribution is -0.227. The summed E-state index contributed by atoms with van der Waals surface area (Å²) in [5.41, 5.74) is 5.03. The molecule has 16 heavy (non-hydrogen) atoms. The van der Waals surface area contributed by atoms with E-state index in [0.717, 1.165) is 6.92 Å². The number of esters is 1. The lowest BCUT2D eigenvalue weighted by Gasteiger charge is -2.23. The minimum atomic E-state index is -4.44. The van der Waals surface area contributed by atoms with E-state index >= 15 is 0 Å². The van der Waals surface area contributed by atoms with E-state index in [-0.39, 0.29) is 19.8 Å². The SMILES string of the molecule is CC(=O)OCC(O)COP(=O)([O-])OCCN. The maximum absolute atomic E-state index is 10.9. The summed E-state index contributed by atoms with van der Waals surface area (Å²) in [5, 5.41) is 9.14. The van der Waals surface area contributed by atoms with Crippen LogP contribution in [0.25, 0.3) is 0 Å². The number of hydrogen-bond donors (Lipinski definition) is 2. The van der Waals surface area contributed by atoms with Gasteiger partial charge in [-0.25, -0.2) is 0 Å². The Morgan fingerprint density at radius 2 is 2.12 bits per heavy atom. The average Bonchev–Trinajstić information content (AvgIpc) is 2.21. The van der Waals surface area contributed by atoms with Crippen molar-refractivity contribution >= 4 is 13.8 Å². The third kappa shape index (κ3) is 8.78. The summed E-state index contributed by atoms with van der Waals surface area (Å²) in [4.78, 5) is 21.3. The van der Waals surface area contributed by atoms with Crippen molar-refractivity contribution in [2.75, 3.05) is 26.4 Å².